The van der Waals surface area contributed by atoms with Crippen LogP contribution in [0.2, 0.25) is 0 Å². The molecule has 3 aliphatic rings. The number of carboxylic acids is 3. The second-order valence-corrected chi connectivity index (χ2v) is 8.75. The Morgan fingerprint density at radius 1 is 0.465 bits per heavy atom. The number of carbonyl (C=O) groups is 3. The molecule has 3 heterocycles. The van der Waals surface area contributed by atoms with Crippen molar-refractivity contribution in [3.8, 4) is 0 Å². The van der Waals surface area contributed by atoms with Crippen LogP contribution in [0.25, 0.3) is 0 Å². The van der Waals surface area contributed by atoms with Crippen molar-refractivity contribution in [1.29, 1.82) is 0 Å². The fourth-order valence-electron chi connectivity index (χ4n) is 3.34. The van der Waals surface area contributed by atoms with E-state index in [0.717, 1.165) is 19.3 Å². The first-order chi connectivity index (χ1) is 20.4. The van der Waals surface area contributed by atoms with Crippen molar-refractivity contribution >= 4 is 17.9 Å². The number of benzene rings is 3. The molecule has 0 spiro atoms. The summed E-state index contributed by atoms with van der Waals surface area (Å²) in [4.78, 5) is 30.2. The van der Waals surface area contributed by atoms with Gasteiger partial charge in [0.2, 0.25) is 0 Å². The minimum atomic E-state index is -0.831. The second-order valence-electron chi connectivity index (χ2n) is 8.75. The summed E-state index contributed by atoms with van der Waals surface area (Å²) >= 11 is 0. The summed E-state index contributed by atoms with van der Waals surface area (Å²) in [6.07, 6.45) is 3.13. The molecule has 3 aromatic rings. The van der Waals surface area contributed by atoms with Crippen molar-refractivity contribution in [3.05, 3.63) is 109 Å². The van der Waals surface area contributed by atoms with Gasteiger partial charge in [-0.25, -0.2) is 14.4 Å². The maximum absolute atomic E-state index is 10.1. The maximum atomic E-state index is 10.1. The molecular formula is C33H39CrO9. The van der Waals surface area contributed by atoms with Crippen LogP contribution < -0.4 is 0 Å². The molecule has 0 aromatic heterocycles. The summed E-state index contributed by atoms with van der Waals surface area (Å²) in [5, 5.41) is 24.9. The Morgan fingerprint density at radius 3 is 0.767 bits per heavy atom. The van der Waals surface area contributed by atoms with Gasteiger partial charge in [0.15, 0.2) is 18.3 Å². The zero-order valence-corrected chi connectivity index (χ0v) is 25.2. The van der Waals surface area contributed by atoms with E-state index in [1.165, 1.54) is 0 Å². The van der Waals surface area contributed by atoms with E-state index in [4.69, 9.17) is 29.5 Å². The van der Waals surface area contributed by atoms with Gasteiger partial charge in [0, 0.05) is 19.8 Å². The summed E-state index contributed by atoms with van der Waals surface area (Å²) in [6.45, 7) is 1.82. The molecule has 9 nitrogen and oxygen atoms in total. The zero-order valence-electron chi connectivity index (χ0n) is 24.0. The van der Waals surface area contributed by atoms with Crippen molar-refractivity contribution in [2.45, 2.75) is 56.8 Å². The molecule has 10 heteroatoms. The van der Waals surface area contributed by atoms with Crippen LogP contribution in [0.5, 0.6) is 0 Å². The average molecular weight is 632 g/mol. The van der Waals surface area contributed by atoms with E-state index in [0.29, 0.717) is 39.1 Å². The Hall–Kier alpha value is -3.52. The van der Waals surface area contributed by atoms with E-state index in [1.54, 1.807) is 0 Å². The molecule has 3 N–H and O–H groups in total. The Kier molecular flexibility index (Phi) is 25.1. The van der Waals surface area contributed by atoms with Gasteiger partial charge in [-0.15, -0.1) is 0 Å². The molecule has 3 aromatic carbocycles. The van der Waals surface area contributed by atoms with Gasteiger partial charge >= 0.3 is 35.3 Å². The van der Waals surface area contributed by atoms with E-state index in [-0.39, 0.29) is 17.4 Å². The van der Waals surface area contributed by atoms with Gasteiger partial charge in [0.1, 0.15) is 0 Å². The van der Waals surface area contributed by atoms with Crippen molar-refractivity contribution in [2.75, 3.05) is 19.8 Å². The van der Waals surface area contributed by atoms with Crippen LogP contribution in [0.1, 0.15) is 38.5 Å². The third-order valence-corrected chi connectivity index (χ3v) is 5.44. The number of ether oxygens (including phenoxy) is 3. The molecular weight excluding hydrogens is 592 g/mol. The van der Waals surface area contributed by atoms with Crippen molar-refractivity contribution < 1.29 is 61.3 Å². The Balaban J connectivity index is 0.000000492. The molecule has 0 amide bonds. The van der Waals surface area contributed by atoms with Crippen LogP contribution in [-0.4, -0.2) is 71.4 Å². The molecule has 3 saturated heterocycles. The predicted molar refractivity (Wildman–Crippen MR) is 156 cm³/mol. The zero-order chi connectivity index (χ0) is 30.7. The van der Waals surface area contributed by atoms with E-state index in [1.807, 2.05) is 91.0 Å². The Labute approximate surface area is 264 Å². The Bertz CT molecular complexity index is 821. The molecule has 1 radical (unpaired) electrons. The van der Waals surface area contributed by atoms with Crippen LogP contribution in [0.15, 0.2) is 91.0 Å². The van der Waals surface area contributed by atoms with E-state index in [9.17, 15) is 14.4 Å². The SMILES string of the molecule is O=C(O)C1CCCO1.O=C(O)C1CCCO1.O=C(O)C1CCCO1.[Cr+3].[c-]1ccccc1.[c-]1ccccc1.[c-]1ccccc1. The van der Waals surface area contributed by atoms with Crippen molar-refractivity contribution in [2.24, 2.45) is 0 Å². The summed E-state index contributed by atoms with van der Waals surface area (Å²) in [5.74, 6) is -2.49. The standard InChI is InChI=1S/3C6H5.3C5H8O3.Cr/c3*1-2-4-6-5-3-1;3*6-5(7)4-2-1-3-8-4;/h3*1-5H;3*4H,1-3H2,(H,6,7);/q3*-1;;;;+3. The first-order valence-electron chi connectivity index (χ1n) is 13.7. The van der Waals surface area contributed by atoms with E-state index in [2.05, 4.69) is 18.2 Å². The Morgan fingerprint density at radius 2 is 0.698 bits per heavy atom. The molecule has 3 fully saturated rings. The number of carboxylic acid groups (broad SMARTS) is 3. The minimum absolute atomic E-state index is 0. The summed E-state index contributed by atoms with van der Waals surface area (Å²) in [6, 6.07) is 37.5. The monoisotopic (exact) mass is 631 g/mol. The topological polar surface area (TPSA) is 140 Å². The first-order valence-corrected chi connectivity index (χ1v) is 13.7. The van der Waals surface area contributed by atoms with Gasteiger partial charge in [-0.1, -0.05) is 0 Å². The number of aliphatic carboxylic acids is 3. The number of rotatable bonds is 3. The molecule has 0 bridgehead atoms. The molecule has 6 rings (SSSR count). The normalized spacial score (nSPS) is 19.1. The minimum Gasteiger partial charge on any atom is -0.479 e. The quantitative estimate of drug-likeness (QED) is 0.333. The third kappa shape index (κ3) is 22.7. The van der Waals surface area contributed by atoms with E-state index >= 15 is 0 Å². The number of hydrogen-bond acceptors (Lipinski definition) is 6. The second kappa shape index (κ2) is 27.3. The van der Waals surface area contributed by atoms with Crippen LogP contribution in [0, 0.1) is 18.2 Å². The molecule has 0 saturated carbocycles. The van der Waals surface area contributed by atoms with Crippen LogP contribution in [-0.2, 0) is 46.0 Å². The average Bonchev–Trinajstić information content (AvgIpc) is 3.86. The predicted octanol–water partition coefficient (Wildman–Crippen LogP) is 5.21. The van der Waals surface area contributed by atoms with E-state index < -0.39 is 36.2 Å². The van der Waals surface area contributed by atoms with Crippen LogP contribution in [0.4, 0.5) is 0 Å². The fraction of sp³-hybridized carbons (Fsp3) is 0.364. The third-order valence-electron chi connectivity index (χ3n) is 5.44. The molecule has 3 aliphatic heterocycles. The smallest absolute Gasteiger partial charge is 0.479 e. The molecule has 0 aliphatic carbocycles. The fourth-order valence-corrected chi connectivity index (χ4v) is 3.34. The molecule has 43 heavy (non-hydrogen) atoms. The van der Waals surface area contributed by atoms with Crippen LogP contribution in [0.3, 0.4) is 0 Å². The summed E-state index contributed by atoms with van der Waals surface area (Å²) in [7, 11) is 0. The first kappa shape index (κ1) is 39.5. The van der Waals surface area contributed by atoms with Gasteiger partial charge < -0.3 is 29.5 Å². The molecule has 231 valence electrons. The summed E-state index contributed by atoms with van der Waals surface area (Å²) in [5.41, 5.74) is 0. The van der Waals surface area contributed by atoms with Gasteiger partial charge in [0.25, 0.3) is 0 Å². The van der Waals surface area contributed by atoms with Crippen LogP contribution >= 0.6 is 0 Å². The van der Waals surface area contributed by atoms with Gasteiger partial charge in [-0.3, -0.25) is 0 Å². The van der Waals surface area contributed by atoms with Crippen molar-refractivity contribution in [3.63, 3.8) is 0 Å². The van der Waals surface area contributed by atoms with Gasteiger partial charge in [0.05, 0.1) is 0 Å². The van der Waals surface area contributed by atoms with Gasteiger partial charge in [-0.05, 0) is 38.5 Å². The summed E-state index contributed by atoms with van der Waals surface area (Å²) < 4.78 is 14.4. The number of hydrogen-bond donors (Lipinski definition) is 3. The maximum Gasteiger partial charge on any atom is 3.00 e. The van der Waals surface area contributed by atoms with Crippen molar-refractivity contribution in [1.82, 2.24) is 0 Å². The molecule has 3 atom stereocenters. The largest absolute Gasteiger partial charge is 3.00 e. The van der Waals surface area contributed by atoms with Gasteiger partial charge in [-0.2, -0.15) is 109 Å². The molecule has 3 unspecified atom stereocenters.